The molecule has 28 heavy (non-hydrogen) atoms. The number of nitrogens with one attached hydrogen (secondary N) is 1. The second-order valence-electron chi connectivity index (χ2n) is 5.83. The number of hydrogen-bond acceptors (Lipinski definition) is 8. The van der Waals surface area contributed by atoms with E-state index in [4.69, 9.17) is 18.9 Å². The minimum Gasteiger partial charge on any atom is -0.462 e. The summed E-state index contributed by atoms with van der Waals surface area (Å²) in [6.07, 6.45) is -0.983. The van der Waals surface area contributed by atoms with Crippen LogP contribution in [0.1, 0.15) is 26.3 Å². The molecule has 1 N–H and O–H groups in total. The molecule has 1 rings (SSSR count). The van der Waals surface area contributed by atoms with Crippen molar-refractivity contribution in [3.05, 3.63) is 47.2 Å². The number of carbonyl (C=O) groups is 3. The lowest BCUT2D eigenvalue weighted by Crippen LogP contribution is -2.39. The van der Waals surface area contributed by atoms with Crippen LogP contribution in [0.5, 0.6) is 0 Å². The lowest BCUT2D eigenvalue weighted by Gasteiger charge is -2.24. The summed E-state index contributed by atoms with van der Waals surface area (Å²) < 4.78 is 20.4. The van der Waals surface area contributed by atoms with Crippen molar-refractivity contribution >= 4 is 17.7 Å². The number of esters is 2. The molecule has 0 aliphatic rings. The molecule has 0 fully saturated rings. The Kier molecular flexibility index (Phi) is 9.91. The molecular formula is C20H27NO7. The largest absolute Gasteiger partial charge is 0.462 e. The quantitative estimate of drug-likeness (QED) is 0.200. The third kappa shape index (κ3) is 6.79. The minimum absolute atomic E-state index is 0.0118. The molecule has 1 aromatic carbocycles. The Morgan fingerprint density at radius 3 is 2.14 bits per heavy atom. The molecule has 0 aromatic heterocycles. The molecule has 0 bridgehead atoms. The Balaban J connectivity index is 3.16. The predicted octanol–water partition coefficient (Wildman–Crippen LogP) is 1.94. The summed E-state index contributed by atoms with van der Waals surface area (Å²) in [6.45, 7) is 4.48. The van der Waals surface area contributed by atoms with E-state index < -0.39 is 30.1 Å². The van der Waals surface area contributed by atoms with Gasteiger partial charge in [-0.25, -0.2) is 4.79 Å². The van der Waals surface area contributed by atoms with Gasteiger partial charge in [-0.15, -0.1) is 0 Å². The van der Waals surface area contributed by atoms with Gasteiger partial charge in [0.05, 0.1) is 12.5 Å². The van der Waals surface area contributed by atoms with Gasteiger partial charge in [-0.2, -0.15) is 0 Å². The predicted molar refractivity (Wildman–Crippen MR) is 101 cm³/mol. The third-order valence-electron chi connectivity index (χ3n) is 3.81. The SMILES string of the molecule is CCOC(=O)C(C(C)=O)=C(NC(OC)OC)C(C)C(=O)OCc1ccccc1. The second-order valence-corrected chi connectivity index (χ2v) is 5.83. The topological polar surface area (TPSA) is 100 Å². The monoisotopic (exact) mass is 393 g/mol. The molecule has 8 nitrogen and oxygen atoms in total. The molecule has 0 aliphatic heterocycles. The van der Waals surface area contributed by atoms with Crippen molar-refractivity contribution in [2.24, 2.45) is 5.92 Å². The first-order valence-electron chi connectivity index (χ1n) is 8.80. The highest BCUT2D eigenvalue weighted by atomic mass is 16.7. The number of rotatable bonds is 11. The van der Waals surface area contributed by atoms with Gasteiger partial charge in [-0.3, -0.25) is 9.59 Å². The number of ketones is 1. The fraction of sp³-hybridized carbons (Fsp3) is 0.450. The molecule has 1 unspecified atom stereocenters. The highest BCUT2D eigenvalue weighted by Crippen LogP contribution is 2.19. The number of hydrogen-bond donors (Lipinski definition) is 1. The average molecular weight is 393 g/mol. The fourth-order valence-electron chi connectivity index (χ4n) is 2.37. The van der Waals surface area contributed by atoms with Gasteiger partial charge < -0.3 is 24.3 Å². The lowest BCUT2D eigenvalue weighted by atomic mass is 10.00. The van der Waals surface area contributed by atoms with Crippen LogP contribution in [0.4, 0.5) is 0 Å². The summed E-state index contributed by atoms with van der Waals surface area (Å²) in [4.78, 5) is 37.0. The number of carbonyl (C=O) groups excluding carboxylic acids is 3. The van der Waals surface area contributed by atoms with Gasteiger partial charge in [0.15, 0.2) is 5.78 Å². The maximum atomic E-state index is 12.6. The molecule has 0 heterocycles. The van der Waals surface area contributed by atoms with Gasteiger partial charge in [0, 0.05) is 19.9 Å². The standard InChI is InChI=1S/C20H27NO7/c1-6-27-19(24)16(14(3)22)17(21-20(25-4)26-5)13(2)18(23)28-12-15-10-8-7-9-11-15/h7-11,13,20-21H,6,12H2,1-5H3. The van der Waals surface area contributed by atoms with Crippen LogP contribution < -0.4 is 5.32 Å². The molecule has 1 atom stereocenters. The van der Waals surface area contributed by atoms with E-state index in [0.717, 1.165) is 5.56 Å². The maximum absolute atomic E-state index is 12.6. The number of Topliss-reactive ketones (excluding diaryl/α,β-unsaturated/α-hetero) is 1. The Labute approximate surface area is 164 Å². The van der Waals surface area contributed by atoms with E-state index >= 15 is 0 Å². The number of benzene rings is 1. The number of methoxy groups -OCH3 is 2. The van der Waals surface area contributed by atoms with E-state index in [2.05, 4.69) is 5.32 Å². The first-order chi connectivity index (χ1) is 13.3. The molecule has 154 valence electrons. The Morgan fingerprint density at radius 1 is 1.04 bits per heavy atom. The first kappa shape index (κ1) is 23.3. The van der Waals surface area contributed by atoms with Crippen LogP contribution in [0.2, 0.25) is 0 Å². The molecular weight excluding hydrogens is 366 g/mol. The average Bonchev–Trinajstić information content (AvgIpc) is 2.69. The number of ether oxygens (including phenoxy) is 4. The molecule has 0 radical (unpaired) electrons. The van der Waals surface area contributed by atoms with Crippen molar-refractivity contribution in [3.63, 3.8) is 0 Å². The van der Waals surface area contributed by atoms with Crippen LogP contribution in [0.3, 0.4) is 0 Å². The Hall–Kier alpha value is -2.71. The lowest BCUT2D eigenvalue weighted by molar-refractivity contribution is -0.149. The third-order valence-corrected chi connectivity index (χ3v) is 3.81. The molecule has 0 saturated heterocycles. The summed E-state index contributed by atoms with van der Waals surface area (Å²) in [5.74, 6) is -3.00. The summed E-state index contributed by atoms with van der Waals surface area (Å²) in [5, 5.41) is 2.77. The van der Waals surface area contributed by atoms with E-state index in [1.807, 2.05) is 30.3 Å². The van der Waals surface area contributed by atoms with E-state index in [0.29, 0.717) is 0 Å². The molecule has 0 amide bonds. The van der Waals surface area contributed by atoms with E-state index in [9.17, 15) is 14.4 Å². The van der Waals surface area contributed by atoms with Crippen molar-refractivity contribution in [2.45, 2.75) is 33.8 Å². The fourth-order valence-corrected chi connectivity index (χ4v) is 2.37. The van der Waals surface area contributed by atoms with Gasteiger partial charge in [0.25, 0.3) is 0 Å². The van der Waals surface area contributed by atoms with Gasteiger partial charge >= 0.3 is 11.9 Å². The highest BCUT2D eigenvalue weighted by Gasteiger charge is 2.31. The van der Waals surface area contributed by atoms with Crippen LogP contribution in [-0.2, 0) is 39.9 Å². The molecule has 0 aliphatic carbocycles. The van der Waals surface area contributed by atoms with Gasteiger partial charge in [0.1, 0.15) is 12.2 Å². The smallest absolute Gasteiger partial charge is 0.343 e. The molecule has 1 aromatic rings. The first-order valence-corrected chi connectivity index (χ1v) is 8.80. The van der Waals surface area contributed by atoms with E-state index in [-0.39, 0.29) is 24.5 Å². The molecule has 0 spiro atoms. The van der Waals surface area contributed by atoms with Gasteiger partial charge in [-0.05, 0) is 26.3 Å². The van der Waals surface area contributed by atoms with Crippen LogP contribution in [0, 0.1) is 5.92 Å². The van der Waals surface area contributed by atoms with Crippen molar-refractivity contribution in [1.29, 1.82) is 0 Å². The van der Waals surface area contributed by atoms with Crippen LogP contribution in [0.25, 0.3) is 0 Å². The summed E-state index contributed by atoms with van der Waals surface area (Å²) in [6, 6.07) is 9.15. The van der Waals surface area contributed by atoms with Crippen molar-refractivity contribution in [1.82, 2.24) is 5.32 Å². The van der Waals surface area contributed by atoms with Crippen LogP contribution in [0.15, 0.2) is 41.6 Å². The normalized spacial score (nSPS) is 12.8. The van der Waals surface area contributed by atoms with Gasteiger partial charge in [-0.1, -0.05) is 30.3 Å². The maximum Gasteiger partial charge on any atom is 0.343 e. The minimum atomic E-state index is -0.983. The van der Waals surface area contributed by atoms with Crippen molar-refractivity contribution < 1.29 is 33.3 Å². The zero-order valence-corrected chi connectivity index (χ0v) is 16.8. The van der Waals surface area contributed by atoms with Crippen molar-refractivity contribution in [3.8, 4) is 0 Å². The van der Waals surface area contributed by atoms with E-state index in [1.165, 1.54) is 28.1 Å². The summed E-state index contributed by atoms with van der Waals surface area (Å²) in [7, 11) is 2.74. The van der Waals surface area contributed by atoms with Crippen LogP contribution in [-0.4, -0.2) is 45.0 Å². The molecule has 0 saturated carbocycles. The zero-order chi connectivity index (χ0) is 21.1. The second kappa shape index (κ2) is 11.9. The zero-order valence-electron chi connectivity index (χ0n) is 16.8. The van der Waals surface area contributed by atoms with Crippen molar-refractivity contribution in [2.75, 3.05) is 20.8 Å². The molecule has 8 heteroatoms. The van der Waals surface area contributed by atoms with E-state index in [1.54, 1.807) is 6.92 Å². The highest BCUT2D eigenvalue weighted by molar-refractivity contribution is 6.17. The Bertz CT molecular complexity index is 696. The Morgan fingerprint density at radius 2 is 1.64 bits per heavy atom. The summed E-state index contributed by atoms with van der Waals surface area (Å²) in [5.41, 5.74) is 0.535. The summed E-state index contributed by atoms with van der Waals surface area (Å²) >= 11 is 0. The van der Waals surface area contributed by atoms with Crippen LogP contribution >= 0.6 is 0 Å². The van der Waals surface area contributed by atoms with Gasteiger partial charge in [0.2, 0.25) is 6.41 Å².